The van der Waals surface area contributed by atoms with E-state index in [9.17, 15) is 0 Å². The van der Waals surface area contributed by atoms with Crippen LogP contribution in [0.5, 0.6) is 0 Å². The van der Waals surface area contributed by atoms with Gasteiger partial charge in [-0.15, -0.1) is 0 Å². The van der Waals surface area contributed by atoms with E-state index in [1.165, 1.54) is 0 Å². The third kappa shape index (κ3) is 1.94. The predicted octanol–water partition coefficient (Wildman–Crippen LogP) is 2.08. The molecule has 0 aliphatic carbocycles. The lowest BCUT2D eigenvalue weighted by Crippen LogP contribution is -1.98. The third-order valence-corrected chi connectivity index (χ3v) is 2.21. The number of thiocarbonyl (C=S) groups is 1. The van der Waals surface area contributed by atoms with Crippen LogP contribution >= 0.6 is 12.2 Å². The Morgan fingerprint density at radius 3 is 2.77 bits per heavy atom. The van der Waals surface area contributed by atoms with Gasteiger partial charge in [0.2, 0.25) is 0 Å². The van der Waals surface area contributed by atoms with Gasteiger partial charge < -0.3 is 9.47 Å². The molecule has 1 fully saturated rings. The molecule has 13 heavy (non-hydrogen) atoms. The molecule has 1 aromatic carbocycles. The van der Waals surface area contributed by atoms with Gasteiger partial charge in [-0.3, -0.25) is 0 Å². The van der Waals surface area contributed by atoms with E-state index in [2.05, 4.69) is 0 Å². The minimum atomic E-state index is -0.199. The zero-order valence-corrected chi connectivity index (χ0v) is 7.92. The number of benzene rings is 1. The van der Waals surface area contributed by atoms with Crippen LogP contribution in [0.2, 0.25) is 0 Å². The average Bonchev–Trinajstić information content (AvgIpc) is 2.71. The van der Waals surface area contributed by atoms with Crippen molar-refractivity contribution in [3.05, 3.63) is 35.4 Å². The number of hydrogen-bond acceptors (Lipinski definition) is 3. The van der Waals surface area contributed by atoms with Gasteiger partial charge in [-0.05, 0) is 11.6 Å². The van der Waals surface area contributed by atoms with Crippen LogP contribution < -0.4 is 0 Å². The minimum Gasteiger partial charge on any atom is -0.346 e. The van der Waals surface area contributed by atoms with Crippen molar-refractivity contribution < 1.29 is 9.47 Å². The van der Waals surface area contributed by atoms with E-state index in [0.717, 1.165) is 11.1 Å². The van der Waals surface area contributed by atoms with Gasteiger partial charge in [0.05, 0.1) is 13.2 Å². The highest BCUT2D eigenvalue weighted by Gasteiger charge is 2.17. The van der Waals surface area contributed by atoms with Crippen molar-refractivity contribution in [2.75, 3.05) is 13.2 Å². The van der Waals surface area contributed by atoms with Crippen molar-refractivity contribution in [1.29, 1.82) is 0 Å². The maximum Gasteiger partial charge on any atom is 0.184 e. The van der Waals surface area contributed by atoms with E-state index in [1.807, 2.05) is 24.3 Å². The third-order valence-electron chi connectivity index (χ3n) is 1.94. The molecule has 1 aliphatic heterocycles. The standard InChI is InChI=1S/C10H10O2S/c13-7-8-2-1-3-9(6-8)10-11-4-5-12-10/h1-3,6-7,10H,4-5H2. The van der Waals surface area contributed by atoms with Crippen molar-refractivity contribution >= 4 is 17.6 Å². The summed E-state index contributed by atoms with van der Waals surface area (Å²) in [6.07, 6.45) is -0.199. The molecule has 3 heteroatoms. The molecule has 1 saturated heterocycles. The van der Waals surface area contributed by atoms with Gasteiger partial charge in [0.25, 0.3) is 0 Å². The number of rotatable bonds is 2. The average molecular weight is 194 g/mol. The van der Waals surface area contributed by atoms with Gasteiger partial charge in [0.1, 0.15) is 0 Å². The van der Waals surface area contributed by atoms with Gasteiger partial charge in [0.15, 0.2) is 6.29 Å². The molecule has 0 atom stereocenters. The van der Waals surface area contributed by atoms with Gasteiger partial charge in [0, 0.05) is 10.9 Å². The summed E-state index contributed by atoms with van der Waals surface area (Å²) < 4.78 is 10.7. The topological polar surface area (TPSA) is 18.5 Å². The summed E-state index contributed by atoms with van der Waals surface area (Å²) in [5, 5.41) is 1.65. The zero-order chi connectivity index (χ0) is 9.10. The molecule has 1 aromatic rings. The van der Waals surface area contributed by atoms with Crippen LogP contribution in [0.3, 0.4) is 0 Å². The molecular formula is C10H10O2S. The second-order valence-electron chi connectivity index (χ2n) is 2.86. The summed E-state index contributed by atoms with van der Waals surface area (Å²) >= 11 is 4.85. The van der Waals surface area contributed by atoms with E-state index in [0.29, 0.717) is 13.2 Å². The van der Waals surface area contributed by atoms with Crippen LogP contribution in [0.4, 0.5) is 0 Å². The fraction of sp³-hybridized carbons (Fsp3) is 0.300. The molecule has 0 spiro atoms. The second kappa shape index (κ2) is 3.96. The maximum atomic E-state index is 5.37. The van der Waals surface area contributed by atoms with Crippen LogP contribution in [0.1, 0.15) is 17.4 Å². The summed E-state index contributed by atoms with van der Waals surface area (Å²) in [7, 11) is 0. The maximum absolute atomic E-state index is 5.37. The van der Waals surface area contributed by atoms with Crippen LogP contribution in [-0.2, 0) is 9.47 Å². The van der Waals surface area contributed by atoms with Gasteiger partial charge in [-0.1, -0.05) is 30.4 Å². The smallest absolute Gasteiger partial charge is 0.184 e. The summed E-state index contributed by atoms with van der Waals surface area (Å²) in [6.45, 7) is 1.35. The first-order valence-electron chi connectivity index (χ1n) is 4.18. The fourth-order valence-electron chi connectivity index (χ4n) is 1.33. The van der Waals surface area contributed by atoms with Crippen LogP contribution in [-0.4, -0.2) is 18.6 Å². The predicted molar refractivity (Wildman–Crippen MR) is 53.8 cm³/mol. The Bertz CT molecular complexity index is 306. The summed E-state index contributed by atoms with van der Waals surface area (Å²) in [4.78, 5) is 0. The molecule has 0 unspecified atom stereocenters. The van der Waals surface area contributed by atoms with E-state index < -0.39 is 0 Å². The van der Waals surface area contributed by atoms with Gasteiger partial charge >= 0.3 is 0 Å². The molecule has 0 radical (unpaired) electrons. The highest BCUT2D eigenvalue weighted by Crippen LogP contribution is 2.23. The first-order valence-corrected chi connectivity index (χ1v) is 4.65. The molecule has 0 aromatic heterocycles. The Hall–Kier alpha value is -0.770. The molecule has 0 amide bonds. The molecule has 0 N–H and O–H groups in total. The highest BCUT2D eigenvalue weighted by atomic mass is 32.1. The summed E-state index contributed by atoms with van der Waals surface area (Å²) in [5.41, 5.74) is 2.06. The monoisotopic (exact) mass is 194 g/mol. The molecule has 68 valence electrons. The number of hydrogen-bond donors (Lipinski definition) is 0. The van der Waals surface area contributed by atoms with Crippen LogP contribution in [0, 0.1) is 0 Å². The van der Waals surface area contributed by atoms with Crippen molar-refractivity contribution in [2.24, 2.45) is 0 Å². The van der Waals surface area contributed by atoms with Crippen molar-refractivity contribution in [1.82, 2.24) is 0 Å². The highest BCUT2D eigenvalue weighted by molar-refractivity contribution is 7.79. The largest absolute Gasteiger partial charge is 0.346 e. The molecular weight excluding hydrogens is 184 g/mol. The minimum absolute atomic E-state index is 0.199. The van der Waals surface area contributed by atoms with Gasteiger partial charge in [-0.25, -0.2) is 0 Å². The molecule has 0 saturated carbocycles. The Morgan fingerprint density at radius 2 is 2.08 bits per heavy atom. The van der Waals surface area contributed by atoms with E-state index >= 15 is 0 Å². The SMILES string of the molecule is S=Cc1cccc(C2OCCO2)c1. The second-order valence-corrected chi connectivity index (χ2v) is 3.10. The van der Waals surface area contributed by atoms with Crippen molar-refractivity contribution in [3.8, 4) is 0 Å². The van der Waals surface area contributed by atoms with Crippen molar-refractivity contribution in [2.45, 2.75) is 6.29 Å². The molecule has 1 aliphatic rings. The lowest BCUT2D eigenvalue weighted by molar-refractivity contribution is -0.0441. The Balaban J connectivity index is 2.23. The Morgan fingerprint density at radius 1 is 1.31 bits per heavy atom. The first kappa shape index (κ1) is 8.81. The van der Waals surface area contributed by atoms with E-state index in [1.54, 1.807) is 5.37 Å². The Labute approximate surface area is 82.5 Å². The van der Waals surface area contributed by atoms with Crippen LogP contribution in [0.25, 0.3) is 0 Å². The Kier molecular flexibility index (Phi) is 2.68. The quantitative estimate of drug-likeness (QED) is 0.671. The normalized spacial score (nSPS) is 17.5. The molecule has 0 bridgehead atoms. The fourth-order valence-corrected chi connectivity index (χ4v) is 1.48. The van der Waals surface area contributed by atoms with E-state index in [-0.39, 0.29) is 6.29 Å². The zero-order valence-electron chi connectivity index (χ0n) is 7.10. The summed E-state index contributed by atoms with van der Waals surface area (Å²) in [5.74, 6) is 0. The lowest BCUT2D eigenvalue weighted by Gasteiger charge is -2.09. The lowest BCUT2D eigenvalue weighted by atomic mass is 10.1. The first-order chi connectivity index (χ1) is 6.40. The number of ether oxygens (including phenoxy) is 2. The van der Waals surface area contributed by atoms with Crippen molar-refractivity contribution in [3.63, 3.8) is 0 Å². The summed E-state index contributed by atoms with van der Waals surface area (Å²) in [6, 6.07) is 7.89. The molecule has 2 rings (SSSR count). The van der Waals surface area contributed by atoms with Gasteiger partial charge in [-0.2, -0.15) is 0 Å². The molecule has 1 heterocycles. The van der Waals surface area contributed by atoms with E-state index in [4.69, 9.17) is 21.7 Å². The van der Waals surface area contributed by atoms with Crippen LogP contribution in [0.15, 0.2) is 24.3 Å². The molecule has 2 nitrogen and oxygen atoms in total.